The van der Waals surface area contributed by atoms with Gasteiger partial charge in [0.25, 0.3) is 0 Å². The third-order valence-corrected chi connectivity index (χ3v) is 3.27. The molecule has 0 heterocycles. The minimum atomic E-state index is 1.08. The topological polar surface area (TPSA) is 15.3 Å². The molecule has 0 saturated carbocycles. The molecule has 0 unspecified atom stereocenters. The summed E-state index contributed by atoms with van der Waals surface area (Å²) in [6, 6.07) is 6.75. The van der Waals surface area contributed by atoms with Gasteiger partial charge in [-0.15, -0.1) is 0 Å². The number of anilines is 2. The number of hydrogen-bond acceptors (Lipinski definition) is 2. The van der Waals surface area contributed by atoms with Crippen LogP contribution in [0.5, 0.6) is 0 Å². The van der Waals surface area contributed by atoms with Gasteiger partial charge in [-0.1, -0.05) is 34.1 Å². The zero-order chi connectivity index (χ0) is 14.7. The van der Waals surface area contributed by atoms with E-state index in [1.807, 2.05) is 20.9 Å². The Morgan fingerprint density at radius 1 is 1.11 bits per heavy atom. The molecule has 0 fully saturated rings. The van der Waals surface area contributed by atoms with Crippen molar-refractivity contribution in [3.05, 3.63) is 23.8 Å². The Balaban J connectivity index is 0.00000154. The molecular weight excluding hydrogens is 232 g/mol. The standard InChI is InChI=1S/C15H26N2.C2H6/c1-5-8-11-17(7-3)14-9-10-15(16-4)13(6-2)12-14;1-2/h9-10,12,16H,5-8,11H2,1-4H3;1-2H3. The molecule has 0 spiro atoms. The highest BCUT2D eigenvalue weighted by Gasteiger charge is 2.06. The van der Waals surface area contributed by atoms with E-state index in [1.54, 1.807) is 0 Å². The Hall–Kier alpha value is -1.18. The fraction of sp³-hybridized carbons (Fsp3) is 0.647. The summed E-state index contributed by atoms with van der Waals surface area (Å²) >= 11 is 0. The lowest BCUT2D eigenvalue weighted by molar-refractivity contribution is 0.732. The first-order valence-corrected chi connectivity index (χ1v) is 7.82. The van der Waals surface area contributed by atoms with Crippen molar-refractivity contribution in [1.82, 2.24) is 0 Å². The highest BCUT2D eigenvalue weighted by atomic mass is 15.1. The van der Waals surface area contributed by atoms with Gasteiger partial charge >= 0.3 is 0 Å². The minimum absolute atomic E-state index is 1.08. The number of unbranched alkanes of at least 4 members (excludes halogenated alkanes) is 1. The van der Waals surface area contributed by atoms with Gasteiger partial charge in [-0.3, -0.25) is 0 Å². The Kier molecular flexibility index (Phi) is 10.1. The van der Waals surface area contributed by atoms with Gasteiger partial charge in [0.15, 0.2) is 0 Å². The summed E-state index contributed by atoms with van der Waals surface area (Å²) in [5.74, 6) is 0. The monoisotopic (exact) mass is 264 g/mol. The van der Waals surface area contributed by atoms with Crippen molar-refractivity contribution in [2.75, 3.05) is 30.4 Å². The van der Waals surface area contributed by atoms with Crippen molar-refractivity contribution >= 4 is 11.4 Å². The molecule has 0 aliphatic heterocycles. The third kappa shape index (κ3) is 5.54. The summed E-state index contributed by atoms with van der Waals surface area (Å²) in [5, 5.41) is 3.26. The molecule has 0 amide bonds. The molecule has 1 rings (SSSR count). The molecule has 19 heavy (non-hydrogen) atoms. The van der Waals surface area contributed by atoms with Crippen LogP contribution in [0.3, 0.4) is 0 Å². The van der Waals surface area contributed by atoms with E-state index in [0.717, 1.165) is 19.5 Å². The fourth-order valence-electron chi connectivity index (χ4n) is 2.13. The van der Waals surface area contributed by atoms with Crippen LogP contribution in [0, 0.1) is 0 Å². The molecule has 0 saturated heterocycles. The van der Waals surface area contributed by atoms with E-state index in [1.165, 1.54) is 29.8 Å². The van der Waals surface area contributed by atoms with Gasteiger partial charge in [0.05, 0.1) is 0 Å². The molecule has 0 aliphatic carbocycles. The van der Waals surface area contributed by atoms with E-state index in [4.69, 9.17) is 0 Å². The quantitative estimate of drug-likeness (QED) is 0.750. The van der Waals surface area contributed by atoms with E-state index in [-0.39, 0.29) is 0 Å². The molecule has 0 aliphatic rings. The maximum absolute atomic E-state index is 3.26. The lowest BCUT2D eigenvalue weighted by Gasteiger charge is -2.24. The van der Waals surface area contributed by atoms with Gasteiger partial charge in [0.1, 0.15) is 0 Å². The number of nitrogens with zero attached hydrogens (tertiary/aromatic N) is 1. The average Bonchev–Trinajstić information content (AvgIpc) is 2.49. The molecule has 0 bridgehead atoms. The molecule has 1 N–H and O–H groups in total. The van der Waals surface area contributed by atoms with Gasteiger partial charge in [-0.05, 0) is 43.5 Å². The summed E-state index contributed by atoms with van der Waals surface area (Å²) in [7, 11) is 1.99. The molecule has 2 nitrogen and oxygen atoms in total. The van der Waals surface area contributed by atoms with Crippen molar-refractivity contribution in [3.63, 3.8) is 0 Å². The normalized spacial score (nSPS) is 9.58. The predicted molar refractivity (Wildman–Crippen MR) is 89.5 cm³/mol. The van der Waals surface area contributed by atoms with Crippen LogP contribution in [0.25, 0.3) is 0 Å². The molecule has 1 aromatic carbocycles. The first-order valence-electron chi connectivity index (χ1n) is 7.82. The molecule has 0 aromatic heterocycles. The zero-order valence-electron chi connectivity index (χ0n) is 13.7. The van der Waals surface area contributed by atoms with E-state index in [9.17, 15) is 0 Å². The second kappa shape index (κ2) is 10.7. The van der Waals surface area contributed by atoms with Crippen LogP contribution in [-0.2, 0) is 6.42 Å². The first kappa shape index (κ1) is 17.8. The summed E-state index contributed by atoms with van der Waals surface area (Å²) in [5.41, 5.74) is 4.01. The van der Waals surface area contributed by atoms with Crippen molar-refractivity contribution in [2.24, 2.45) is 0 Å². The summed E-state index contributed by atoms with van der Waals surface area (Å²) in [6.45, 7) is 12.9. The lowest BCUT2D eigenvalue weighted by Crippen LogP contribution is -2.23. The number of rotatable bonds is 7. The Morgan fingerprint density at radius 3 is 2.26 bits per heavy atom. The van der Waals surface area contributed by atoms with Crippen molar-refractivity contribution in [3.8, 4) is 0 Å². The highest BCUT2D eigenvalue weighted by molar-refractivity contribution is 5.60. The van der Waals surface area contributed by atoms with Gasteiger partial charge in [0, 0.05) is 31.5 Å². The van der Waals surface area contributed by atoms with Gasteiger partial charge < -0.3 is 10.2 Å². The zero-order valence-corrected chi connectivity index (χ0v) is 13.7. The molecule has 0 radical (unpaired) electrons. The van der Waals surface area contributed by atoms with Crippen LogP contribution >= 0.6 is 0 Å². The molecule has 1 aromatic rings. The average molecular weight is 264 g/mol. The van der Waals surface area contributed by atoms with E-state index in [2.05, 4.69) is 49.2 Å². The van der Waals surface area contributed by atoms with E-state index >= 15 is 0 Å². The number of hydrogen-bond donors (Lipinski definition) is 1. The van der Waals surface area contributed by atoms with Crippen LogP contribution in [0.4, 0.5) is 11.4 Å². The lowest BCUT2D eigenvalue weighted by atomic mass is 10.1. The Labute approximate surface area is 120 Å². The van der Waals surface area contributed by atoms with E-state index < -0.39 is 0 Å². The van der Waals surface area contributed by atoms with Crippen molar-refractivity contribution in [2.45, 2.75) is 53.9 Å². The summed E-state index contributed by atoms with van der Waals surface area (Å²) in [6.07, 6.45) is 3.60. The smallest absolute Gasteiger partial charge is 0.0371 e. The van der Waals surface area contributed by atoms with Gasteiger partial charge in [-0.2, -0.15) is 0 Å². The van der Waals surface area contributed by atoms with Gasteiger partial charge in [-0.25, -0.2) is 0 Å². The first-order chi connectivity index (χ1) is 9.26. The van der Waals surface area contributed by atoms with Crippen LogP contribution in [0.2, 0.25) is 0 Å². The van der Waals surface area contributed by atoms with Crippen molar-refractivity contribution in [1.29, 1.82) is 0 Å². The minimum Gasteiger partial charge on any atom is -0.388 e. The van der Waals surface area contributed by atoms with Crippen molar-refractivity contribution < 1.29 is 0 Å². The number of nitrogens with one attached hydrogen (secondary N) is 1. The Morgan fingerprint density at radius 2 is 1.79 bits per heavy atom. The molecular formula is C17H32N2. The van der Waals surface area contributed by atoms with Gasteiger partial charge in [0.2, 0.25) is 0 Å². The van der Waals surface area contributed by atoms with Crippen LogP contribution < -0.4 is 10.2 Å². The van der Waals surface area contributed by atoms with Crippen LogP contribution in [0.15, 0.2) is 18.2 Å². The second-order valence-corrected chi connectivity index (χ2v) is 4.38. The van der Waals surface area contributed by atoms with Crippen LogP contribution in [0.1, 0.15) is 53.0 Å². The fourth-order valence-corrected chi connectivity index (χ4v) is 2.13. The van der Waals surface area contributed by atoms with Crippen LogP contribution in [-0.4, -0.2) is 20.1 Å². The summed E-state index contributed by atoms with van der Waals surface area (Å²) in [4.78, 5) is 2.46. The second-order valence-electron chi connectivity index (χ2n) is 4.38. The number of aryl methyl sites for hydroxylation is 1. The Bertz CT molecular complexity index is 334. The maximum atomic E-state index is 3.26. The SMILES string of the molecule is CC.CCCCN(CC)c1ccc(NC)c(CC)c1. The highest BCUT2D eigenvalue weighted by Crippen LogP contribution is 2.23. The molecule has 2 heteroatoms. The number of benzene rings is 1. The third-order valence-electron chi connectivity index (χ3n) is 3.27. The summed E-state index contributed by atoms with van der Waals surface area (Å²) < 4.78 is 0. The molecule has 110 valence electrons. The molecule has 0 atom stereocenters. The largest absolute Gasteiger partial charge is 0.388 e. The predicted octanol–water partition coefficient (Wildman–Crippen LogP) is 4.94. The maximum Gasteiger partial charge on any atom is 0.0371 e. The van der Waals surface area contributed by atoms with E-state index in [0.29, 0.717) is 0 Å².